The molecule has 130 valence electrons. The van der Waals surface area contributed by atoms with Crippen LogP contribution in [0.1, 0.15) is 37.9 Å². The lowest BCUT2D eigenvalue weighted by molar-refractivity contribution is 0.161. The molecule has 1 saturated carbocycles. The fourth-order valence-electron chi connectivity index (χ4n) is 3.56. The van der Waals surface area contributed by atoms with Gasteiger partial charge in [0.05, 0.1) is 12.8 Å². The van der Waals surface area contributed by atoms with Crippen LogP contribution in [0.3, 0.4) is 0 Å². The normalized spacial score (nSPS) is 22.7. The average molecular weight is 341 g/mol. The van der Waals surface area contributed by atoms with Crippen LogP contribution < -0.4 is 0 Å². The second-order valence-electron chi connectivity index (χ2n) is 6.57. The second-order valence-corrected chi connectivity index (χ2v) is 8.56. The van der Waals surface area contributed by atoms with Crippen molar-refractivity contribution >= 4 is 10.2 Å². The van der Waals surface area contributed by atoms with E-state index in [2.05, 4.69) is 4.90 Å². The van der Waals surface area contributed by atoms with Gasteiger partial charge in [-0.25, -0.2) is 0 Å². The van der Waals surface area contributed by atoms with Crippen LogP contribution in [-0.4, -0.2) is 61.2 Å². The van der Waals surface area contributed by atoms with Crippen molar-refractivity contribution in [2.45, 2.75) is 44.7 Å². The molecular weight excluding hydrogens is 314 g/mol. The summed E-state index contributed by atoms with van der Waals surface area (Å²) in [5.41, 5.74) is 0. The van der Waals surface area contributed by atoms with Crippen molar-refractivity contribution in [3.05, 3.63) is 24.2 Å². The second kappa shape index (κ2) is 7.34. The van der Waals surface area contributed by atoms with Crippen LogP contribution in [0, 0.1) is 0 Å². The van der Waals surface area contributed by atoms with Crippen molar-refractivity contribution in [3.8, 4) is 0 Å². The van der Waals surface area contributed by atoms with Gasteiger partial charge in [-0.1, -0.05) is 19.3 Å². The first-order valence-corrected chi connectivity index (χ1v) is 9.95. The molecule has 2 fully saturated rings. The molecule has 2 heterocycles. The van der Waals surface area contributed by atoms with Gasteiger partial charge in [0.2, 0.25) is 0 Å². The van der Waals surface area contributed by atoms with Gasteiger partial charge >= 0.3 is 0 Å². The van der Waals surface area contributed by atoms with E-state index in [1.165, 1.54) is 6.42 Å². The lowest BCUT2D eigenvalue weighted by Gasteiger charge is -2.38. The van der Waals surface area contributed by atoms with E-state index >= 15 is 0 Å². The molecule has 0 spiro atoms. The van der Waals surface area contributed by atoms with Crippen molar-refractivity contribution in [2.24, 2.45) is 0 Å². The Kier molecular flexibility index (Phi) is 5.41. The smallest absolute Gasteiger partial charge is 0.282 e. The van der Waals surface area contributed by atoms with E-state index < -0.39 is 10.2 Å². The van der Waals surface area contributed by atoms with E-state index in [-0.39, 0.29) is 6.04 Å². The highest BCUT2D eigenvalue weighted by Gasteiger charge is 2.34. The topological polar surface area (TPSA) is 57.0 Å². The predicted molar refractivity (Wildman–Crippen MR) is 89.1 cm³/mol. The van der Waals surface area contributed by atoms with Crippen molar-refractivity contribution in [1.29, 1.82) is 0 Å². The number of piperazine rings is 1. The van der Waals surface area contributed by atoms with Crippen LogP contribution in [0.5, 0.6) is 0 Å². The summed E-state index contributed by atoms with van der Waals surface area (Å²) >= 11 is 0. The highest BCUT2D eigenvalue weighted by atomic mass is 32.2. The molecule has 0 bridgehead atoms. The molecule has 1 aromatic rings. The third-order valence-corrected chi connectivity index (χ3v) is 7.11. The van der Waals surface area contributed by atoms with Gasteiger partial charge in [-0.2, -0.15) is 17.0 Å². The number of hydrogen-bond acceptors (Lipinski definition) is 4. The van der Waals surface area contributed by atoms with Gasteiger partial charge in [0, 0.05) is 39.3 Å². The first-order chi connectivity index (χ1) is 11.1. The Balaban J connectivity index is 1.55. The van der Waals surface area contributed by atoms with E-state index in [9.17, 15) is 8.42 Å². The first kappa shape index (κ1) is 17.0. The Hall–Kier alpha value is -0.890. The summed E-state index contributed by atoms with van der Waals surface area (Å²) in [6.45, 7) is 3.36. The van der Waals surface area contributed by atoms with Gasteiger partial charge < -0.3 is 4.42 Å². The van der Waals surface area contributed by atoms with Crippen LogP contribution in [0.4, 0.5) is 0 Å². The van der Waals surface area contributed by atoms with Gasteiger partial charge in [-0.3, -0.25) is 4.90 Å². The standard InChI is InChI=1S/C16H27N3O3S/c1-17(15-6-3-2-4-7-15)23(20,21)19-11-9-18(10-12-19)14-16-8-5-13-22-16/h5,8,13,15H,2-4,6-7,9-12,14H2,1H3. The molecule has 1 aliphatic carbocycles. The van der Waals surface area contributed by atoms with E-state index in [4.69, 9.17) is 4.42 Å². The number of furan rings is 1. The summed E-state index contributed by atoms with van der Waals surface area (Å²) < 4.78 is 34.3. The minimum Gasteiger partial charge on any atom is -0.468 e. The third kappa shape index (κ3) is 3.96. The van der Waals surface area contributed by atoms with Crippen LogP contribution in [0.2, 0.25) is 0 Å². The van der Waals surface area contributed by atoms with Gasteiger partial charge in [0.25, 0.3) is 10.2 Å². The molecule has 7 heteroatoms. The van der Waals surface area contributed by atoms with Gasteiger partial charge in [-0.15, -0.1) is 0 Å². The molecule has 0 aromatic carbocycles. The monoisotopic (exact) mass is 341 g/mol. The quantitative estimate of drug-likeness (QED) is 0.821. The number of hydrogen-bond donors (Lipinski definition) is 0. The van der Waals surface area contributed by atoms with Gasteiger partial charge in [0.15, 0.2) is 0 Å². The molecule has 3 rings (SSSR count). The molecule has 0 N–H and O–H groups in total. The predicted octanol–water partition coefficient (Wildman–Crippen LogP) is 1.91. The highest BCUT2D eigenvalue weighted by molar-refractivity contribution is 7.86. The van der Waals surface area contributed by atoms with Crippen LogP contribution >= 0.6 is 0 Å². The minimum atomic E-state index is -3.33. The molecule has 6 nitrogen and oxygen atoms in total. The van der Waals surface area contributed by atoms with Gasteiger partial charge in [-0.05, 0) is 25.0 Å². The van der Waals surface area contributed by atoms with Crippen LogP contribution in [-0.2, 0) is 16.8 Å². The highest BCUT2D eigenvalue weighted by Crippen LogP contribution is 2.25. The molecule has 0 unspecified atom stereocenters. The summed E-state index contributed by atoms with van der Waals surface area (Å²) in [5, 5.41) is 0. The Morgan fingerprint density at radius 1 is 1.17 bits per heavy atom. The Bertz CT molecular complexity index is 574. The van der Waals surface area contributed by atoms with E-state index in [0.29, 0.717) is 13.1 Å². The fraction of sp³-hybridized carbons (Fsp3) is 0.750. The number of rotatable bonds is 5. The van der Waals surface area contributed by atoms with Crippen LogP contribution in [0.15, 0.2) is 22.8 Å². The zero-order chi connectivity index (χ0) is 16.3. The maximum Gasteiger partial charge on any atom is 0.282 e. The van der Waals surface area contributed by atoms with Crippen molar-refractivity contribution in [2.75, 3.05) is 33.2 Å². The molecule has 1 aliphatic heterocycles. The number of nitrogens with zero attached hydrogens (tertiary/aromatic N) is 3. The Morgan fingerprint density at radius 2 is 1.87 bits per heavy atom. The minimum absolute atomic E-state index is 0.176. The summed E-state index contributed by atoms with van der Waals surface area (Å²) in [7, 11) is -1.58. The Morgan fingerprint density at radius 3 is 2.48 bits per heavy atom. The zero-order valence-corrected chi connectivity index (χ0v) is 14.7. The molecular formula is C16H27N3O3S. The summed E-state index contributed by atoms with van der Waals surface area (Å²) in [6.07, 6.45) is 7.18. The molecule has 0 radical (unpaired) electrons. The molecule has 1 saturated heterocycles. The largest absolute Gasteiger partial charge is 0.468 e. The van der Waals surface area contributed by atoms with E-state index in [0.717, 1.165) is 51.1 Å². The zero-order valence-electron chi connectivity index (χ0n) is 13.9. The van der Waals surface area contributed by atoms with E-state index in [1.54, 1.807) is 21.9 Å². The van der Waals surface area contributed by atoms with Crippen LogP contribution in [0.25, 0.3) is 0 Å². The van der Waals surface area contributed by atoms with Crippen molar-refractivity contribution < 1.29 is 12.8 Å². The van der Waals surface area contributed by atoms with Crippen molar-refractivity contribution in [1.82, 2.24) is 13.5 Å². The summed E-state index contributed by atoms with van der Waals surface area (Å²) in [6, 6.07) is 4.02. The average Bonchev–Trinajstić information content (AvgIpc) is 3.08. The van der Waals surface area contributed by atoms with Gasteiger partial charge in [0.1, 0.15) is 5.76 Å². The SMILES string of the molecule is CN(C1CCCCC1)S(=O)(=O)N1CCN(Cc2ccco2)CC1. The third-order valence-electron chi connectivity index (χ3n) is 5.07. The molecule has 2 aliphatic rings. The lowest BCUT2D eigenvalue weighted by Crippen LogP contribution is -2.54. The first-order valence-electron chi connectivity index (χ1n) is 8.55. The summed E-state index contributed by atoms with van der Waals surface area (Å²) in [4.78, 5) is 2.24. The lowest BCUT2D eigenvalue weighted by atomic mass is 9.96. The molecule has 23 heavy (non-hydrogen) atoms. The maximum absolute atomic E-state index is 12.8. The Labute approximate surface area is 139 Å². The van der Waals surface area contributed by atoms with Crippen molar-refractivity contribution in [3.63, 3.8) is 0 Å². The maximum atomic E-state index is 12.8. The molecule has 1 aromatic heterocycles. The molecule has 0 atom stereocenters. The molecule has 0 amide bonds. The van der Waals surface area contributed by atoms with E-state index in [1.807, 2.05) is 12.1 Å². The fourth-order valence-corrected chi connectivity index (χ4v) is 5.13. The summed E-state index contributed by atoms with van der Waals surface area (Å²) in [5.74, 6) is 0.931.